The zero-order valence-electron chi connectivity index (χ0n) is 19.3. The van der Waals surface area contributed by atoms with E-state index in [0.717, 1.165) is 24.1 Å². The fourth-order valence-corrected chi connectivity index (χ4v) is 7.09. The van der Waals surface area contributed by atoms with Crippen LogP contribution in [0.5, 0.6) is 0 Å². The lowest BCUT2D eigenvalue weighted by Gasteiger charge is -2.35. The number of hydrogen-bond acceptors (Lipinski definition) is 4. The number of piperazine rings is 1. The summed E-state index contributed by atoms with van der Waals surface area (Å²) >= 11 is 0. The lowest BCUT2D eigenvalue weighted by Crippen LogP contribution is -2.48. The van der Waals surface area contributed by atoms with Gasteiger partial charge in [-0.25, -0.2) is 12.8 Å². The van der Waals surface area contributed by atoms with Gasteiger partial charge in [-0.1, -0.05) is 42.8 Å². The Kier molecular flexibility index (Phi) is 7.05. The molecule has 2 aromatic rings. The van der Waals surface area contributed by atoms with E-state index in [2.05, 4.69) is 4.90 Å². The van der Waals surface area contributed by atoms with Gasteiger partial charge in [-0.2, -0.15) is 4.31 Å². The van der Waals surface area contributed by atoms with Crippen molar-refractivity contribution >= 4 is 21.6 Å². The highest BCUT2D eigenvalue weighted by Crippen LogP contribution is 2.37. The lowest BCUT2D eigenvalue weighted by molar-refractivity contribution is -0.129. The van der Waals surface area contributed by atoms with Crippen LogP contribution in [-0.4, -0.2) is 55.8 Å². The normalized spacial score (nSPS) is 23.8. The molecule has 2 aliphatic heterocycles. The summed E-state index contributed by atoms with van der Waals surface area (Å²) in [6.07, 6.45) is 2.13. The summed E-state index contributed by atoms with van der Waals surface area (Å²) in [6, 6.07) is 14.2. The average Bonchev–Trinajstić information content (AvgIpc) is 2.91. The van der Waals surface area contributed by atoms with E-state index >= 15 is 4.39 Å². The third kappa shape index (κ3) is 5.06. The van der Waals surface area contributed by atoms with Gasteiger partial charge in [0.1, 0.15) is 11.1 Å². The fraction of sp³-hybridized carbons (Fsp3) is 0.480. The van der Waals surface area contributed by atoms with Crippen LogP contribution in [0.25, 0.3) is 0 Å². The summed E-state index contributed by atoms with van der Waals surface area (Å²) in [5.41, 5.74) is 1.93. The number of benzene rings is 2. The van der Waals surface area contributed by atoms with E-state index < -0.39 is 21.1 Å². The van der Waals surface area contributed by atoms with Gasteiger partial charge in [0.2, 0.25) is 15.9 Å². The van der Waals surface area contributed by atoms with Crippen LogP contribution in [0.15, 0.2) is 48.5 Å². The average molecular weight is 474 g/mol. The van der Waals surface area contributed by atoms with Crippen LogP contribution in [0.1, 0.15) is 49.5 Å². The van der Waals surface area contributed by atoms with Crippen molar-refractivity contribution in [2.24, 2.45) is 0 Å². The first-order chi connectivity index (χ1) is 15.8. The molecule has 2 fully saturated rings. The van der Waals surface area contributed by atoms with Gasteiger partial charge in [-0.3, -0.25) is 4.79 Å². The molecular formula is C25H32FN3O3S. The fourth-order valence-electron chi connectivity index (χ4n) is 4.87. The van der Waals surface area contributed by atoms with Crippen LogP contribution in [0.3, 0.4) is 0 Å². The van der Waals surface area contributed by atoms with E-state index in [-0.39, 0.29) is 18.5 Å². The summed E-state index contributed by atoms with van der Waals surface area (Å²) in [5, 5.41) is -0.608. The molecule has 0 saturated carbocycles. The Labute approximate surface area is 196 Å². The maximum atomic E-state index is 15.2. The SMILES string of the molecule is CC(=O)N1CCN(c2ccc(CN3[C@@H](C)CCCC(c4ccccc4)S3(=O)=O)c(F)c2)CC1. The van der Waals surface area contributed by atoms with E-state index in [1.165, 1.54) is 10.4 Å². The van der Waals surface area contributed by atoms with Crippen molar-refractivity contribution < 1.29 is 17.6 Å². The third-order valence-electron chi connectivity index (χ3n) is 6.89. The highest BCUT2D eigenvalue weighted by atomic mass is 32.2. The Morgan fingerprint density at radius 1 is 1.03 bits per heavy atom. The second-order valence-corrected chi connectivity index (χ2v) is 11.1. The van der Waals surface area contributed by atoms with E-state index in [0.29, 0.717) is 38.2 Å². The molecule has 2 aliphatic rings. The molecule has 0 radical (unpaired) electrons. The molecule has 1 amide bonds. The highest BCUT2D eigenvalue weighted by molar-refractivity contribution is 7.89. The Bertz CT molecular complexity index is 1090. The summed E-state index contributed by atoms with van der Waals surface area (Å²) in [6.45, 7) is 6.02. The van der Waals surface area contributed by atoms with Gasteiger partial charge in [0.05, 0.1) is 0 Å². The molecule has 1 unspecified atom stereocenters. The molecule has 33 heavy (non-hydrogen) atoms. The third-order valence-corrected chi connectivity index (χ3v) is 9.26. The zero-order valence-corrected chi connectivity index (χ0v) is 20.1. The number of anilines is 1. The van der Waals surface area contributed by atoms with Crippen LogP contribution < -0.4 is 4.90 Å². The summed E-state index contributed by atoms with van der Waals surface area (Å²) < 4.78 is 43.9. The van der Waals surface area contributed by atoms with Crippen molar-refractivity contribution in [3.8, 4) is 0 Å². The molecule has 2 aromatic carbocycles. The van der Waals surface area contributed by atoms with E-state index in [9.17, 15) is 13.2 Å². The molecular weight excluding hydrogens is 441 g/mol. The summed E-state index contributed by atoms with van der Waals surface area (Å²) in [7, 11) is -3.64. The predicted octanol–water partition coefficient (Wildman–Crippen LogP) is 3.94. The van der Waals surface area contributed by atoms with E-state index in [1.54, 1.807) is 17.9 Å². The minimum Gasteiger partial charge on any atom is -0.368 e. The van der Waals surface area contributed by atoms with Crippen molar-refractivity contribution in [3.05, 3.63) is 65.5 Å². The predicted molar refractivity (Wildman–Crippen MR) is 128 cm³/mol. The summed E-state index contributed by atoms with van der Waals surface area (Å²) in [4.78, 5) is 15.4. The van der Waals surface area contributed by atoms with Gasteiger partial charge in [0, 0.05) is 56.9 Å². The van der Waals surface area contributed by atoms with Crippen LogP contribution in [0.4, 0.5) is 10.1 Å². The number of amides is 1. The minimum absolute atomic E-state index is 0.0249. The van der Waals surface area contributed by atoms with Gasteiger partial charge in [0.25, 0.3) is 0 Å². The molecule has 6 nitrogen and oxygen atoms in total. The molecule has 2 heterocycles. The first-order valence-electron chi connectivity index (χ1n) is 11.6. The largest absolute Gasteiger partial charge is 0.368 e. The van der Waals surface area contributed by atoms with Gasteiger partial charge >= 0.3 is 0 Å². The van der Waals surface area contributed by atoms with Gasteiger partial charge < -0.3 is 9.80 Å². The quantitative estimate of drug-likeness (QED) is 0.675. The maximum Gasteiger partial charge on any atom is 0.221 e. The second kappa shape index (κ2) is 9.81. The van der Waals surface area contributed by atoms with Crippen LogP contribution in [0, 0.1) is 5.82 Å². The molecule has 0 aliphatic carbocycles. The molecule has 8 heteroatoms. The molecule has 2 saturated heterocycles. The van der Waals surface area contributed by atoms with Crippen molar-refractivity contribution in [3.63, 3.8) is 0 Å². The highest BCUT2D eigenvalue weighted by Gasteiger charge is 2.38. The minimum atomic E-state index is -3.64. The molecule has 2 atom stereocenters. The van der Waals surface area contributed by atoms with Crippen molar-refractivity contribution in [2.45, 2.75) is 50.9 Å². The van der Waals surface area contributed by atoms with E-state index in [4.69, 9.17) is 0 Å². The number of sulfonamides is 1. The standard InChI is InChI=1S/C25H32FN3O3S/c1-19-7-6-10-25(21-8-4-3-5-9-21)33(31,32)29(19)18-22-11-12-23(17-24(22)26)28-15-13-27(14-16-28)20(2)30/h3-5,8-9,11-12,17,19,25H,6-7,10,13-16,18H2,1-2H3/t19-,25?/m0/s1. The zero-order chi connectivity index (χ0) is 23.6. The molecule has 178 valence electrons. The molecule has 0 spiro atoms. The molecule has 0 bridgehead atoms. The number of carbonyl (C=O) groups excluding carboxylic acids is 1. The summed E-state index contributed by atoms with van der Waals surface area (Å²) in [5.74, 6) is -0.345. The maximum absolute atomic E-state index is 15.2. The number of rotatable bonds is 4. The number of halogens is 1. The van der Waals surface area contributed by atoms with Crippen LogP contribution in [-0.2, 0) is 21.4 Å². The number of carbonyl (C=O) groups is 1. The monoisotopic (exact) mass is 473 g/mol. The van der Waals surface area contributed by atoms with Crippen molar-refractivity contribution in [2.75, 3.05) is 31.1 Å². The van der Waals surface area contributed by atoms with Gasteiger partial charge in [0.15, 0.2) is 0 Å². The molecule has 0 aromatic heterocycles. The first kappa shape index (κ1) is 23.7. The Balaban J connectivity index is 1.54. The number of nitrogens with zero attached hydrogens (tertiary/aromatic N) is 3. The first-order valence-corrected chi connectivity index (χ1v) is 13.1. The number of hydrogen-bond donors (Lipinski definition) is 0. The van der Waals surface area contributed by atoms with Crippen LogP contribution in [0.2, 0.25) is 0 Å². The van der Waals surface area contributed by atoms with Gasteiger partial charge in [-0.15, -0.1) is 0 Å². The Morgan fingerprint density at radius 3 is 2.36 bits per heavy atom. The smallest absolute Gasteiger partial charge is 0.221 e. The second-order valence-electron chi connectivity index (χ2n) is 9.04. The van der Waals surface area contributed by atoms with Crippen LogP contribution >= 0.6 is 0 Å². The Morgan fingerprint density at radius 2 is 1.73 bits per heavy atom. The van der Waals surface area contributed by atoms with E-state index in [1.807, 2.05) is 43.3 Å². The molecule has 4 rings (SSSR count). The van der Waals surface area contributed by atoms with Gasteiger partial charge in [-0.05, 0) is 37.5 Å². The van der Waals surface area contributed by atoms with Crippen molar-refractivity contribution in [1.29, 1.82) is 0 Å². The topological polar surface area (TPSA) is 60.9 Å². The Hall–Kier alpha value is -2.45. The molecule has 0 N–H and O–H groups in total. The lowest BCUT2D eigenvalue weighted by atomic mass is 10.0. The van der Waals surface area contributed by atoms with Crippen molar-refractivity contribution in [1.82, 2.24) is 9.21 Å².